The molecular formula is C13H24O2. The van der Waals surface area contributed by atoms with Crippen molar-refractivity contribution in [2.24, 2.45) is 10.8 Å². The average molecular weight is 212 g/mol. The molecule has 0 aliphatic rings. The summed E-state index contributed by atoms with van der Waals surface area (Å²) in [4.78, 5) is 22.2. The highest BCUT2D eigenvalue weighted by molar-refractivity contribution is 5.77. The molecule has 0 aliphatic carbocycles. The van der Waals surface area contributed by atoms with E-state index in [2.05, 4.69) is 27.7 Å². The van der Waals surface area contributed by atoms with Gasteiger partial charge in [-0.1, -0.05) is 27.7 Å². The first-order valence-corrected chi connectivity index (χ1v) is 5.53. The summed E-state index contributed by atoms with van der Waals surface area (Å²) in [6.45, 7) is 11.6. The summed E-state index contributed by atoms with van der Waals surface area (Å²) in [7, 11) is 0. The predicted octanol–water partition coefficient (Wildman–Crippen LogP) is 3.39. The molecule has 88 valence electrons. The molecule has 0 bridgehead atoms. The number of Topliss-reactive ketones (excluding diaryl/α,β-unsaturated/α-hetero) is 2. The Bertz CT molecular complexity index is 223. The first-order valence-electron chi connectivity index (χ1n) is 5.53. The minimum absolute atomic E-state index is 0.00914. The molecule has 0 spiro atoms. The summed E-state index contributed by atoms with van der Waals surface area (Å²) in [5.74, 6) is 0.442. The zero-order chi connectivity index (χ0) is 12.3. The van der Waals surface area contributed by atoms with E-state index in [0.717, 1.165) is 6.42 Å². The van der Waals surface area contributed by atoms with Gasteiger partial charge in [0.2, 0.25) is 0 Å². The molecule has 0 aliphatic heterocycles. The van der Waals surface area contributed by atoms with Gasteiger partial charge in [0, 0.05) is 12.8 Å². The molecule has 0 aromatic carbocycles. The summed E-state index contributed by atoms with van der Waals surface area (Å²) in [6, 6.07) is 0. The number of carbonyl (C=O) groups excluding carboxylic acids is 2. The molecule has 0 N–H and O–H groups in total. The van der Waals surface area contributed by atoms with Gasteiger partial charge in [0.15, 0.2) is 0 Å². The molecule has 0 fully saturated rings. The molecular weight excluding hydrogens is 188 g/mol. The van der Waals surface area contributed by atoms with Gasteiger partial charge < -0.3 is 9.59 Å². The summed E-state index contributed by atoms with van der Waals surface area (Å²) in [5.41, 5.74) is -0.0183. The second kappa shape index (κ2) is 4.91. The van der Waals surface area contributed by atoms with E-state index in [9.17, 15) is 9.59 Å². The van der Waals surface area contributed by atoms with E-state index >= 15 is 0 Å². The normalized spacial score (nSPS) is 12.7. The Hall–Kier alpha value is -0.660. The standard InChI is InChI=1S/C13H24O2/c1-10(14)7-12(3,4)9-13(5,6)8-11(2)15/h7-9H2,1-6H3. The fourth-order valence-corrected chi connectivity index (χ4v) is 2.77. The molecule has 0 saturated heterocycles. The number of rotatable bonds is 6. The molecule has 15 heavy (non-hydrogen) atoms. The Kier molecular flexibility index (Phi) is 4.69. The fraction of sp³-hybridized carbons (Fsp3) is 0.846. The van der Waals surface area contributed by atoms with Crippen LogP contribution in [0.25, 0.3) is 0 Å². The van der Waals surface area contributed by atoms with Crippen LogP contribution in [0.5, 0.6) is 0 Å². The van der Waals surface area contributed by atoms with Crippen molar-refractivity contribution in [2.45, 2.75) is 60.8 Å². The van der Waals surface area contributed by atoms with Crippen molar-refractivity contribution in [3.63, 3.8) is 0 Å². The van der Waals surface area contributed by atoms with E-state index < -0.39 is 0 Å². The van der Waals surface area contributed by atoms with Gasteiger partial charge in [-0.15, -0.1) is 0 Å². The topological polar surface area (TPSA) is 34.1 Å². The molecule has 0 heterocycles. The van der Waals surface area contributed by atoms with Crippen molar-refractivity contribution in [1.29, 1.82) is 0 Å². The average Bonchev–Trinajstić information content (AvgIpc) is 1.73. The lowest BCUT2D eigenvalue weighted by Gasteiger charge is -2.33. The van der Waals surface area contributed by atoms with Crippen LogP contribution in [-0.2, 0) is 9.59 Å². The van der Waals surface area contributed by atoms with Crippen LogP contribution in [0.4, 0.5) is 0 Å². The lowest BCUT2D eigenvalue weighted by Crippen LogP contribution is -2.26. The van der Waals surface area contributed by atoms with Crippen LogP contribution < -0.4 is 0 Å². The van der Waals surface area contributed by atoms with E-state index in [4.69, 9.17) is 0 Å². The highest BCUT2D eigenvalue weighted by Crippen LogP contribution is 2.38. The number of ketones is 2. The Morgan fingerprint density at radius 3 is 1.27 bits per heavy atom. The molecule has 0 unspecified atom stereocenters. The minimum Gasteiger partial charge on any atom is -0.300 e. The minimum atomic E-state index is -0.00914. The van der Waals surface area contributed by atoms with E-state index in [1.807, 2.05) is 0 Å². The first-order chi connectivity index (χ1) is 6.54. The summed E-state index contributed by atoms with van der Waals surface area (Å²) in [6.07, 6.45) is 2.09. The predicted molar refractivity (Wildman–Crippen MR) is 62.8 cm³/mol. The van der Waals surface area contributed by atoms with Crippen LogP contribution >= 0.6 is 0 Å². The third kappa shape index (κ3) is 7.29. The van der Waals surface area contributed by atoms with Crippen molar-refractivity contribution >= 4 is 11.6 Å². The van der Waals surface area contributed by atoms with Crippen LogP contribution in [0.1, 0.15) is 60.8 Å². The zero-order valence-electron chi connectivity index (χ0n) is 10.9. The maximum Gasteiger partial charge on any atom is 0.130 e. The third-order valence-corrected chi connectivity index (χ3v) is 2.41. The van der Waals surface area contributed by atoms with Gasteiger partial charge in [-0.3, -0.25) is 0 Å². The molecule has 2 heteroatoms. The lowest BCUT2D eigenvalue weighted by molar-refractivity contribution is -0.119. The van der Waals surface area contributed by atoms with Gasteiger partial charge >= 0.3 is 0 Å². The van der Waals surface area contributed by atoms with Crippen molar-refractivity contribution in [3.05, 3.63) is 0 Å². The second-order valence-electron chi connectivity index (χ2n) is 6.26. The maximum atomic E-state index is 11.1. The van der Waals surface area contributed by atoms with Crippen LogP contribution in [0, 0.1) is 10.8 Å². The SMILES string of the molecule is CC(=O)CC(C)(C)CC(C)(C)CC(C)=O. The lowest BCUT2D eigenvalue weighted by atomic mass is 9.71. The molecule has 2 nitrogen and oxygen atoms in total. The van der Waals surface area contributed by atoms with Gasteiger partial charge in [0.05, 0.1) is 0 Å². The fourth-order valence-electron chi connectivity index (χ4n) is 2.77. The van der Waals surface area contributed by atoms with Crippen LogP contribution in [0.3, 0.4) is 0 Å². The van der Waals surface area contributed by atoms with Gasteiger partial charge in [-0.05, 0) is 31.1 Å². The summed E-state index contributed by atoms with van der Waals surface area (Å²) < 4.78 is 0. The highest BCUT2D eigenvalue weighted by atomic mass is 16.1. The van der Waals surface area contributed by atoms with Gasteiger partial charge in [0.1, 0.15) is 11.6 Å². The quantitative estimate of drug-likeness (QED) is 0.676. The Morgan fingerprint density at radius 1 is 0.800 bits per heavy atom. The number of carbonyl (C=O) groups is 2. The zero-order valence-corrected chi connectivity index (χ0v) is 10.9. The van der Waals surface area contributed by atoms with Crippen molar-refractivity contribution < 1.29 is 9.59 Å². The van der Waals surface area contributed by atoms with E-state index in [1.165, 1.54) is 0 Å². The summed E-state index contributed by atoms with van der Waals surface area (Å²) >= 11 is 0. The van der Waals surface area contributed by atoms with Crippen LogP contribution in [0.15, 0.2) is 0 Å². The Morgan fingerprint density at radius 2 is 1.07 bits per heavy atom. The van der Waals surface area contributed by atoms with E-state index in [-0.39, 0.29) is 22.4 Å². The molecule has 0 rings (SSSR count). The summed E-state index contributed by atoms with van der Waals surface area (Å²) in [5, 5.41) is 0. The first kappa shape index (κ1) is 14.3. The monoisotopic (exact) mass is 212 g/mol. The third-order valence-electron chi connectivity index (χ3n) is 2.41. The molecule has 0 radical (unpaired) electrons. The second-order valence-corrected chi connectivity index (χ2v) is 6.26. The van der Waals surface area contributed by atoms with E-state index in [0.29, 0.717) is 12.8 Å². The molecule has 0 aromatic heterocycles. The van der Waals surface area contributed by atoms with Gasteiger partial charge in [-0.2, -0.15) is 0 Å². The molecule has 0 saturated carbocycles. The van der Waals surface area contributed by atoms with Crippen molar-refractivity contribution in [1.82, 2.24) is 0 Å². The Labute approximate surface area is 93.4 Å². The van der Waals surface area contributed by atoms with Crippen molar-refractivity contribution in [2.75, 3.05) is 0 Å². The largest absolute Gasteiger partial charge is 0.300 e. The molecule has 0 aromatic rings. The highest BCUT2D eigenvalue weighted by Gasteiger charge is 2.30. The van der Waals surface area contributed by atoms with E-state index in [1.54, 1.807) is 13.8 Å². The van der Waals surface area contributed by atoms with Crippen molar-refractivity contribution in [3.8, 4) is 0 Å². The maximum absolute atomic E-state index is 11.1. The smallest absolute Gasteiger partial charge is 0.130 e. The number of hydrogen-bond donors (Lipinski definition) is 0. The van der Waals surface area contributed by atoms with Gasteiger partial charge in [-0.25, -0.2) is 0 Å². The Balaban J connectivity index is 4.42. The van der Waals surface area contributed by atoms with Crippen LogP contribution in [-0.4, -0.2) is 11.6 Å². The number of hydrogen-bond acceptors (Lipinski definition) is 2. The van der Waals surface area contributed by atoms with Crippen LogP contribution in [0.2, 0.25) is 0 Å². The van der Waals surface area contributed by atoms with Gasteiger partial charge in [0.25, 0.3) is 0 Å². The molecule has 0 atom stereocenters. The molecule has 0 amide bonds.